The van der Waals surface area contributed by atoms with E-state index in [4.69, 9.17) is 4.74 Å². The zero-order valence-corrected chi connectivity index (χ0v) is 11.8. The SMILES string of the molecule is C=C1C=CN(c2cccc(OC3CCNCC3)c2)C(=O)N1. The van der Waals surface area contributed by atoms with Crippen molar-refractivity contribution in [2.45, 2.75) is 18.9 Å². The molecule has 5 nitrogen and oxygen atoms in total. The molecule has 1 saturated heterocycles. The molecule has 0 radical (unpaired) electrons. The molecule has 1 aromatic carbocycles. The number of carbonyl (C=O) groups excluding carboxylic acids is 1. The normalized spacial score (nSPS) is 19.5. The van der Waals surface area contributed by atoms with E-state index in [1.807, 2.05) is 24.3 Å². The van der Waals surface area contributed by atoms with Gasteiger partial charge in [0.1, 0.15) is 11.9 Å². The van der Waals surface area contributed by atoms with Crippen molar-refractivity contribution >= 4 is 11.7 Å². The highest BCUT2D eigenvalue weighted by Crippen LogP contribution is 2.25. The summed E-state index contributed by atoms with van der Waals surface area (Å²) in [5.41, 5.74) is 1.38. The van der Waals surface area contributed by atoms with Crippen LogP contribution in [-0.4, -0.2) is 25.2 Å². The van der Waals surface area contributed by atoms with Gasteiger partial charge >= 0.3 is 6.03 Å². The molecule has 110 valence electrons. The highest BCUT2D eigenvalue weighted by Gasteiger charge is 2.19. The predicted molar refractivity (Wildman–Crippen MR) is 82.3 cm³/mol. The average molecular weight is 285 g/mol. The molecule has 0 unspecified atom stereocenters. The molecule has 21 heavy (non-hydrogen) atoms. The maximum atomic E-state index is 12.0. The van der Waals surface area contributed by atoms with Gasteiger partial charge in [0, 0.05) is 18.0 Å². The summed E-state index contributed by atoms with van der Waals surface area (Å²) in [6.45, 7) is 5.69. The van der Waals surface area contributed by atoms with Gasteiger partial charge in [0.15, 0.2) is 0 Å². The van der Waals surface area contributed by atoms with E-state index in [0.717, 1.165) is 37.4 Å². The number of benzene rings is 1. The van der Waals surface area contributed by atoms with E-state index in [2.05, 4.69) is 17.2 Å². The lowest BCUT2D eigenvalue weighted by molar-refractivity contribution is 0.162. The minimum Gasteiger partial charge on any atom is -0.490 e. The first-order valence-corrected chi connectivity index (χ1v) is 7.17. The van der Waals surface area contributed by atoms with E-state index >= 15 is 0 Å². The fourth-order valence-electron chi connectivity index (χ4n) is 2.49. The van der Waals surface area contributed by atoms with Gasteiger partial charge in [-0.1, -0.05) is 12.6 Å². The van der Waals surface area contributed by atoms with E-state index in [1.165, 1.54) is 0 Å². The Morgan fingerprint density at radius 3 is 2.86 bits per heavy atom. The summed E-state index contributed by atoms with van der Waals surface area (Å²) in [6, 6.07) is 7.39. The number of piperidine rings is 1. The summed E-state index contributed by atoms with van der Waals surface area (Å²) < 4.78 is 6.00. The Labute approximate surface area is 124 Å². The van der Waals surface area contributed by atoms with Gasteiger partial charge in [-0.15, -0.1) is 0 Å². The zero-order chi connectivity index (χ0) is 14.7. The van der Waals surface area contributed by atoms with Crippen molar-refractivity contribution < 1.29 is 9.53 Å². The predicted octanol–water partition coefficient (Wildman–Crippen LogP) is 2.37. The van der Waals surface area contributed by atoms with E-state index in [1.54, 1.807) is 17.2 Å². The molecule has 2 heterocycles. The van der Waals surface area contributed by atoms with Crippen LogP contribution in [0.5, 0.6) is 5.75 Å². The van der Waals surface area contributed by atoms with E-state index in [9.17, 15) is 4.79 Å². The third kappa shape index (κ3) is 3.25. The molecule has 0 atom stereocenters. The molecular weight excluding hydrogens is 266 g/mol. The van der Waals surface area contributed by atoms with Crippen molar-refractivity contribution in [3.8, 4) is 5.75 Å². The van der Waals surface area contributed by atoms with Gasteiger partial charge < -0.3 is 15.4 Å². The molecule has 1 aromatic rings. The average Bonchev–Trinajstić information content (AvgIpc) is 2.48. The topological polar surface area (TPSA) is 53.6 Å². The first-order chi connectivity index (χ1) is 10.2. The second kappa shape index (κ2) is 6.01. The van der Waals surface area contributed by atoms with Crippen LogP contribution in [0.4, 0.5) is 10.5 Å². The van der Waals surface area contributed by atoms with Gasteiger partial charge in [-0.25, -0.2) is 4.79 Å². The highest BCUT2D eigenvalue weighted by atomic mass is 16.5. The van der Waals surface area contributed by atoms with Crippen molar-refractivity contribution in [2.24, 2.45) is 0 Å². The number of ether oxygens (including phenoxy) is 1. The molecule has 2 aliphatic rings. The lowest BCUT2D eigenvalue weighted by Gasteiger charge is -2.26. The number of urea groups is 1. The lowest BCUT2D eigenvalue weighted by atomic mass is 10.1. The third-order valence-corrected chi connectivity index (χ3v) is 3.60. The highest BCUT2D eigenvalue weighted by molar-refractivity contribution is 5.96. The monoisotopic (exact) mass is 285 g/mol. The zero-order valence-electron chi connectivity index (χ0n) is 11.8. The quantitative estimate of drug-likeness (QED) is 0.896. The molecule has 0 saturated carbocycles. The molecule has 5 heteroatoms. The minimum absolute atomic E-state index is 0.207. The first-order valence-electron chi connectivity index (χ1n) is 7.17. The summed E-state index contributed by atoms with van der Waals surface area (Å²) in [5.74, 6) is 0.796. The molecule has 0 spiro atoms. The Morgan fingerprint density at radius 2 is 2.10 bits per heavy atom. The van der Waals surface area contributed by atoms with Gasteiger partial charge in [-0.05, 0) is 44.1 Å². The Bertz CT molecular complexity index is 577. The summed E-state index contributed by atoms with van der Waals surface area (Å²) in [6.07, 6.45) is 5.74. The van der Waals surface area contributed by atoms with Gasteiger partial charge in [-0.3, -0.25) is 4.90 Å². The molecule has 0 bridgehead atoms. The summed E-state index contributed by atoms with van der Waals surface area (Å²) in [4.78, 5) is 13.5. The van der Waals surface area contributed by atoms with Gasteiger partial charge in [-0.2, -0.15) is 0 Å². The molecule has 2 N–H and O–H groups in total. The second-order valence-corrected chi connectivity index (χ2v) is 5.21. The van der Waals surface area contributed by atoms with Crippen LogP contribution in [0.3, 0.4) is 0 Å². The van der Waals surface area contributed by atoms with Crippen LogP contribution in [0, 0.1) is 0 Å². The van der Waals surface area contributed by atoms with Crippen molar-refractivity contribution in [3.05, 3.63) is 48.8 Å². The third-order valence-electron chi connectivity index (χ3n) is 3.60. The minimum atomic E-state index is -0.207. The number of nitrogens with one attached hydrogen (secondary N) is 2. The number of nitrogens with zero attached hydrogens (tertiary/aromatic N) is 1. The van der Waals surface area contributed by atoms with Crippen LogP contribution in [-0.2, 0) is 0 Å². The fourth-order valence-corrected chi connectivity index (χ4v) is 2.49. The van der Waals surface area contributed by atoms with Crippen LogP contribution < -0.4 is 20.3 Å². The number of carbonyl (C=O) groups is 1. The van der Waals surface area contributed by atoms with Crippen molar-refractivity contribution in [3.63, 3.8) is 0 Å². The molecule has 0 aliphatic carbocycles. The largest absolute Gasteiger partial charge is 0.490 e. The van der Waals surface area contributed by atoms with Crippen LogP contribution in [0.25, 0.3) is 0 Å². The fraction of sp³-hybridized carbons (Fsp3) is 0.312. The Kier molecular flexibility index (Phi) is 3.92. The second-order valence-electron chi connectivity index (χ2n) is 5.21. The van der Waals surface area contributed by atoms with Crippen molar-refractivity contribution in [2.75, 3.05) is 18.0 Å². The number of hydrogen-bond donors (Lipinski definition) is 2. The maximum Gasteiger partial charge on any atom is 0.330 e. The number of allylic oxidation sites excluding steroid dienone is 1. The van der Waals surface area contributed by atoms with Gasteiger partial charge in [0.05, 0.1) is 5.69 Å². The standard InChI is InChI=1S/C16H19N3O2/c1-12-7-10-19(16(20)18-12)13-3-2-4-15(11-13)21-14-5-8-17-9-6-14/h2-4,7,10-11,14,17H,1,5-6,8-9H2,(H,18,20). The van der Waals surface area contributed by atoms with Crippen LogP contribution in [0.2, 0.25) is 0 Å². The summed E-state index contributed by atoms with van der Waals surface area (Å²) >= 11 is 0. The maximum absolute atomic E-state index is 12.0. The number of amides is 2. The molecule has 3 rings (SSSR count). The molecule has 2 amide bonds. The van der Waals surface area contributed by atoms with Crippen LogP contribution in [0.1, 0.15) is 12.8 Å². The van der Waals surface area contributed by atoms with E-state index < -0.39 is 0 Å². The van der Waals surface area contributed by atoms with E-state index in [-0.39, 0.29) is 12.1 Å². The van der Waals surface area contributed by atoms with Crippen LogP contribution >= 0.6 is 0 Å². The Morgan fingerprint density at radius 1 is 1.29 bits per heavy atom. The first kappa shape index (κ1) is 13.7. The number of anilines is 1. The molecule has 1 fully saturated rings. The Balaban J connectivity index is 1.75. The van der Waals surface area contributed by atoms with E-state index in [0.29, 0.717) is 5.70 Å². The van der Waals surface area contributed by atoms with Crippen molar-refractivity contribution in [1.29, 1.82) is 0 Å². The molecular formula is C16H19N3O2. The molecule has 0 aromatic heterocycles. The van der Waals surface area contributed by atoms with Gasteiger partial charge in [0.2, 0.25) is 0 Å². The van der Waals surface area contributed by atoms with Crippen molar-refractivity contribution in [1.82, 2.24) is 10.6 Å². The number of hydrogen-bond acceptors (Lipinski definition) is 3. The molecule has 2 aliphatic heterocycles. The van der Waals surface area contributed by atoms with Crippen LogP contribution in [0.15, 0.2) is 48.8 Å². The Hall–Kier alpha value is -2.27. The summed E-state index contributed by atoms with van der Waals surface area (Å²) in [7, 11) is 0. The summed E-state index contributed by atoms with van der Waals surface area (Å²) in [5, 5.41) is 6.00. The van der Waals surface area contributed by atoms with Gasteiger partial charge in [0.25, 0.3) is 0 Å². The lowest BCUT2D eigenvalue weighted by Crippen LogP contribution is -2.38. The number of rotatable bonds is 3. The smallest absolute Gasteiger partial charge is 0.330 e.